The Kier molecular flexibility index (Phi) is 2.19. The summed E-state index contributed by atoms with van der Waals surface area (Å²) in [6.07, 6.45) is 2.04. The highest BCUT2D eigenvalue weighted by Gasteiger charge is 2.50. The summed E-state index contributed by atoms with van der Waals surface area (Å²) >= 11 is 0. The summed E-state index contributed by atoms with van der Waals surface area (Å²) < 4.78 is 12.6. The predicted molar refractivity (Wildman–Crippen MR) is 50.7 cm³/mol. The van der Waals surface area contributed by atoms with Crippen molar-refractivity contribution in [2.75, 3.05) is 0 Å². The number of nitrogens with zero attached hydrogens (tertiary/aromatic N) is 1. The second-order valence-electron chi connectivity index (χ2n) is 3.93. The molecule has 0 aliphatic heterocycles. The Morgan fingerprint density at radius 2 is 2.27 bits per heavy atom. The highest BCUT2D eigenvalue weighted by Crippen LogP contribution is 2.42. The standard InChI is InChI=1S/C10H11FN2O2/c11-8-2-1-6(5-13-8)10(9(14)15)3-7(12)4-10/h1-2,5,7H,3-4,12H2,(H,14,15). The minimum Gasteiger partial charge on any atom is -0.481 e. The van der Waals surface area contributed by atoms with E-state index < -0.39 is 17.3 Å². The molecule has 0 saturated heterocycles. The Morgan fingerprint density at radius 3 is 2.67 bits per heavy atom. The first kappa shape index (κ1) is 10.0. The number of aromatic nitrogens is 1. The van der Waals surface area contributed by atoms with Gasteiger partial charge in [0.1, 0.15) is 0 Å². The van der Waals surface area contributed by atoms with Gasteiger partial charge in [0.15, 0.2) is 0 Å². The third-order valence-corrected chi connectivity index (χ3v) is 2.91. The molecule has 1 aliphatic carbocycles. The lowest BCUT2D eigenvalue weighted by molar-refractivity contribution is -0.148. The van der Waals surface area contributed by atoms with Crippen LogP contribution in [0.25, 0.3) is 0 Å². The first-order chi connectivity index (χ1) is 7.04. The van der Waals surface area contributed by atoms with Gasteiger partial charge in [0.25, 0.3) is 0 Å². The maximum Gasteiger partial charge on any atom is 0.314 e. The number of carboxylic acid groups (broad SMARTS) is 1. The molecule has 4 nitrogen and oxygen atoms in total. The van der Waals surface area contributed by atoms with E-state index in [-0.39, 0.29) is 6.04 Å². The van der Waals surface area contributed by atoms with E-state index in [1.54, 1.807) is 0 Å². The third kappa shape index (κ3) is 1.48. The van der Waals surface area contributed by atoms with Gasteiger partial charge in [-0.25, -0.2) is 4.98 Å². The highest BCUT2D eigenvalue weighted by atomic mass is 19.1. The lowest BCUT2D eigenvalue weighted by Crippen LogP contribution is -2.54. The number of hydrogen-bond acceptors (Lipinski definition) is 3. The topological polar surface area (TPSA) is 76.2 Å². The fourth-order valence-corrected chi connectivity index (χ4v) is 2.03. The summed E-state index contributed by atoms with van der Waals surface area (Å²) in [7, 11) is 0. The Hall–Kier alpha value is -1.49. The minimum atomic E-state index is -0.958. The zero-order valence-corrected chi connectivity index (χ0v) is 7.98. The molecule has 0 amide bonds. The van der Waals surface area contributed by atoms with Gasteiger partial charge in [-0.2, -0.15) is 4.39 Å². The van der Waals surface area contributed by atoms with E-state index in [1.165, 1.54) is 18.3 Å². The zero-order valence-electron chi connectivity index (χ0n) is 7.98. The summed E-state index contributed by atoms with van der Waals surface area (Å²) in [6.45, 7) is 0. The molecular formula is C10H11FN2O2. The van der Waals surface area contributed by atoms with Gasteiger partial charge < -0.3 is 10.8 Å². The van der Waals surface area contributed by atoms with Crippen LogP contribution in [0.2, 0.25) is 0 Å². The molecule has 5 heteroatoms. The van der Waals surface area contributed by atoms with Crippen molar-refractivity contribution in [1.29, 1.82) is 0 Å². The van der Waals surface area contributed by atoms with E-state index in [4.69, 9.17) is 10.8 Å². The van der Waals surface area contributed by atoms with Crippen LogP contribution in [-0.2, 0) is 10.2 Å². The molecule has 3 N–H and O–H groups in total. The Morgan fingerprint density at radius 1 is 1.60 bits per heavy atom. The minimum absolute atomic E-state index is 0.0915. The molecule has 80 valence electrons. The number of carbonyl (C=O) groups is 1. The van der Waals surface area contributed by atoms with Crippen LogP contribution < -0.4 is 5.73 Å². The van der Waals surface area contributed by atoms with Crippen LogP contribution in [-0.4, -0.2) is 22.1 Å². The summed E-state index contributed by atoms with van der Waals surface area (Å²) in [5.41, 5.74) is 5.17. The van der Waals surface area contributed by atoms with Crippen LogP contribution in [0.5, 0.6) is 0 Å². The summed E-state index contributed by atoms with van der Waals surface area (Å²) in [5, 5.41) is 9.15. The molecule has 0 unspecified atom stereocenters. The first-order valence-electron chi connectivity index (χ1n) is 4.65. The molecule has 0 radical (unpaired) electrons. The van der Waals surface area contributed by atoms with Crippen molar-refractivity contribution in [3.05, 3.63) is 29.8 Å². The molecule has 1 fully saturated rings. The lowest BCUT2D eigenvalue weighted by Gasteiger charge is -2.42. The van der Waals surface area contributed by atoms with E-state index in [0.29, 0.717) is 18.4 Å². The Bertz CT molecular complexity index is 385. The number of halogens is 1. The van der Waals surface area contributed by atoms with E-state index in [2.05, 4.69) is 4.98 Å². The summed E-state index contributed by atoms with van der Waals surface area (Å²) in [4.78, 5) is 14.6. The SMILES string of the molecule is NC1CC(C(=O)O)(c2ccc(F)nc2)C1. The molecule has 0 bridgehead atoms. The smallest absolute Gasteiger partial charge is 0.314 e. The van der Waals surface area contributed by atoms with Crippen LogP contribution in [0.4, 0.5) is 4.39 Å². The number of nitrogens with two attached hydrogens (primary N) is 1. The molecule has 1 aromatic heterocycles. The van der Waals surface area contributed by atoms with Crippen LogP contribution in [0, 0.1) is 5.95 Å². The van der Waals surface area contributed by atoms with Crippen molar-refractivity contribution in [3.8, 4) is 0 Å². The van der Waals surface area contributed by atoms with Crippen molar-refractivity contribution >= 4 is 5.97 Å². The number of rotatable bonds is 2. The van der Waals surface area contributed by atoms with Gasteiger partial charge >= 0.3 is 5.97 Å². The van der Waals surface area contributed by atoms with E-state index in [1.807, 2.05) is 0 Å². The van der Waals surface area contributed by atoms with Gasteiger partial charge in [0, 0.05) is 12.2 Å². The second kappa shape index (κ2) is 3.27. The van der Waals surface area contributed by atoms with Gasteiger partial charge in [-0.05, 0) is 24.5 Å². The molecule has 2 rings (SSSR count). The summed E-state index contributed by atoms with van der Waals surface area (Å²) in [5.74, 6) is -1.53. The van der Waals surface area contributed by atoms with Crippen LogP contribution in [0.1, 0.15) is 18.4 Å². The number of pyridine rings is 1. The molecular weight excluding hydrogens is 199 g/mol. The third-order valence-electron chi connectivity index (χ3n) is 2.91. The molecule has 1 aliphatic rings. The Labute approximate surface area is 85.9 Å². The summed E-state index contributed by atoms with van der Waals surface area (Å²) in [6, 6.07) is 2.54. The Balaban J connectivity index is 2.34. The predicted octanol–water partition coefficient (Wildman–Crippen LogP) is 0.664. The quantitative estimate of drug-likeness (QED) is 0.703. The van der Waals surface area contributed by atoms with Gasteiger partial charge in [-0.15, -0.1) is 0 Å². The maximum atomic E-state index is 12.6. The van der Waals surface area contributed by atoms with Gasteiger partial charge in [-0.1, -0.05) is 6.07 Å². The molecule has 0 aromatic carbocycles. The molecule has 0 spiro atoms. The van der Waals surface area contributed by atoms with E-state index >= 15 is 0 Å². The van der Waals surface area contributed by atoms with Crippen LogP contribution >= 0.6 is 0 Å². The van der Waals surface area contributed by atoms with Gasteiger partial charge in [0.2, 0.25) is 5.95 Å². The fraction of sp³-hybridized carbons (Fsp3) is 0.400. The van der Waals surface area contributed by atoms with Crippen molar-refractivity contribution in [2.45, 2.75) is 24.3 Å². The molecule has 1 heterocycles. The van der Waals surface area contributed by atoms with Crippen molar-refractivity contribution in [1.82, 2.24) is 4.98 Å². The average Bonchev–Trinajstić information content (AvgIpc) is 2.13. The zero-order chi connectivity index (χ0) is 11.1. The normalized spacial score (nSPS) is 29.6. The number of aliphatic carboxylic acids is 1. The second-order valence-corrected chi connectivity index (χ2v) is 3.93. The van der Waals surface area contributed by atoms with Crippen LogP contribution in [0.3, 0.4) is 0 Å². The molecule has 1 aromatic rings. The lowest BCUT2D eigenvalue weighted by atomic mass is 9.62. The first-order valence-corrected chi connectivity index (χ1v) is 4.65. The number of carboxylic acids is 1. The van der Waals surface area contributed by atoms with E-state index in [9.17, 15) is 9.18 Å². The highest BCUT2D eigenvalue weighted by molar-refractivity contribution is 5.83. The average molecular weight is 210 g/mol. The van der Waals surface area contributed by atoms with Gasteiger partial charge in [0.05, 0.1) is 5.41 Å². The fourth-order valence-electron chi connectivity index (χ4n) is 2.03. The van der Waals surface area contributed by atoms with Gasteiger partial charge in [-0.3, -0.25) is 4.79 Å². The monoisotopic (exact) mass is 210 g/mol. The van der Waals surface area contributed by atoms with Crippen molar-refractivity contribution < 1.29 is 14.3 Å². The molecule has 1 saturated carbocycles. The molecule has 0 atom stereocenters. The van der Waals surface area contributed by atoms with Crippen molar-refractivity contribution in [2.24, 2.45) is 5.73 Å². The van der Waals surface area contributed by atoms with Crippen LogP contribution in [0.15, 0.2) is 18.3 Å². The molecule has 15 heavy (non-hydrogen) atoms. The number of hydrogen-bond donors (Lipinski definition) is 2. The van der Waals surface area contributed by atoms with Crippen molar-refractivity contribution in [3.63, 3.8) is 0 Å². The largest absolute Gasteiger partial charge is 0.481 e. The maximum absolute atomic E-state index is 12.6. The van der Waals surface area contributed by atoms with E-state index in [0.717, 1.165) is 0 Å².